The molecule has 0 saturated carbocycles. The Balaban J connectivity index is 1.96. The first-order chi connectivity index (χ1) is 11.5. The van der Waals surface area contributed by atoms with Crippen LogP contribution in [0.4, 0.5) is 0 Å². The summed E-state index contributed by atoms with van der Waals surface area (Å²) in [6.07, 6.45) is 0.765. The van der Waals surface area contributed by atoms with Crippen molar-refractivity contribution in [1.82, 2.24) is 5.32 Å². The van der Waals surface area contributed by atoms with Gasteiger partial charge in [0, 0.05) is 5.56 Å². The van der Waals surface area contributed by atoms with Gasteiger partial charge >= 0.3 is 0 Å². The van der Waals surface area contributed by atoms with Crippen molar-refractivity contribution in [1.29, 1.82) is 0 Å². The smallest absolute Gasteiger partial charge is 0.251 e. The van der Waals surface area contributed by atoms with E-state index < -0.39 is 0 Å². The number of amides is 1. The predicted molar refractivity (Wildman–Crippen MR) is 96.2 cm³/mol. The van der Waals surface area contributed by atoms with Crippen LogP contribution in [0.5, 0.6) is 11.5 Å². The summed E-state index contributed by atoms with van der Waals surface area (Å²) in [4.78, 5) is 12.4. The third kappa shape index (κ3) is 4.90. The molecule has 0 heterocycles. The third-order valence-corrected chi connectivity index (χ3v) is 3.98. The minimum Gasteiger partial charge on any atom is -0.495 e. The van der Waals surface area contributed by atoms with Crippen LogP contribution in [0.1, 0.15) is 29.3 Å². The van der Waals surface area contributed by atoms with E-state index in [1.807, 2.05) is 38.1 Å². The van der Waals surface area contributed by atoms with Crippen LogP contribution in [0.2, 0.25) is 5.02 Å². The van der Waals surface area contributed by atoms with E-state index in [4.69, 9.17) is 21.1 Å². The molecule has 128 valence electrons. The van der Waals surface area contributed by atoms with E-state index in [2.05, 4.69) is 5.32 Å². The number of rotatable bonds is 7. The lowest BCUT2D eigenvalue weighted by molar-refractivity contribution is 0.0920. The highest BCUT2D eigenvalue weighted by Gasteiger charge is 2.14. The molecule has 0 aromatic heterocycles. The van der Waals surface area contributed by atoms with Gasteiger partial charge in [-0.15, -0.1) is 0 Å². The molecule has 0 unspecified atom stereocenters. The molecule has 0 aliphatic carbocycles. The second-order valence-corrected chi connectivity index (χ2v) is 5.96. The van der Waals surface area contributed by atoms with E-state index in [0.717, 1.165) is 17.7 Å². The molecule has 1 amide bonds. The Morgan fingerprint density at radius 1 is 1.25 bits per heavy atom. The van der Waals surface area contributed by atoms with Crippen LogP contribution in [0.15, 0.2) is 42.5 Å². The first kappa shape index (κ1) is 18.1. The Labute approximate surface area is 147 Å². The molecule has 0 spiro atoms. The number of halogens is 1. The molecule has 4 nitrogen and oxygen atoms in total. The van der Waals surface area contributed by atoms with E-state index in [0.29, 0.717) is 22.9 Å². The zero-order valence-corrected chi connectivity index (χ0v) is 14.9. The second kappa shape index (κ2) is 8.60. The zero-order valence-electron chi connectivity index (χ0n) is 14.1. The van der Waals surface area contributed by atoms with Crippen molar-refractivity contribution in [3.05, 3.63) is 58.6 Å². The van der Waals surface area contributed by atoms with Gasteiger partial charge in [-0.3, -0.25) is 4.79 Å². The lowest BCUT2D eigenvalue weighted by atomic mass is 10.1. The number of hydrogen-bond acceptors (Lipinski definition) is 3. The van der Waals surface area contributed by atoms with Crippen LogP contribution in [0.25, 0.3) is 0 Å². The summed E-state index contributed by atoms with van der Waals surface area (Å²) >= 11 is 6.07. The van der Waals surface area contributed by atoms with Gasteiger partial charge in [0.05, 0.1) is 18.2 Å². The van der Waals surface area contributed by atoms with Gasteiger partial charge in [-0.2, -0.15) is 0 Å². The van der Waals surface area contributed by atoms with E-state index in [1.54, 1.807) is 18.2 Å². The summed E-state index contributed by atoms with van der Waals surface area (Å²) < 4.78 is 10.9. The molecular weight excluding hydrogens is 326 g/mol. The van der Waals surface area contributed by atoms with Crippen molar-refractivity contribution in [2.24, 2.45) is 0 Å². The van der Waals surface area contributed by atoms with Gasteiger partial charge in [-0.25, -0.2) is 0 Å². The highest BCUT2D eigenvalue weighted by molar-refractivity contribution is 6.32. The minimum atomic E-state index is -0.181. The number of carbonyl (C=O) groups excluding carboxylic acids is 1. The summed E-state index contributed by atoms with van der Waals surface area (Å²) in [6.45, 7) is 4.43. The quantitative estimate of drug-likeness (QED) is 0.814. The number of carbonyl (C=O) groups is 1. The summed E-state index contributed by atoms with van der Waals surface area (Å²) in [5.41, 5.74) is 1.63. The standard InChI is InChI=1S/C19H22ClNO3/c1-4-15(12-24-16-7-5-6-13(2)10-16)21-19(22)14-8-9-18(23-3)17(20)11-14/h5-11,15H,4,12H2,1-3H3,(H,21,22)/t15-/m0/s1. The number of methoxy groups -OCH3 is 1. The molecule has 0 aliphatic heterocycles. The average Bonchev–Trinajstić information content (AvgIpc) is 2.58. The van der Waals surface area contributed by atoms with Crippen LogP contribution in [0.3, 0.4) is 0 Å². The van der Waals surface area contributed by atoms with Gasteiger partial charge in [0.25, 0.3) is 5.91 Å². The Kier molecular flexibility index (Phi) is 6.50. The molecule has 0 aliphatic rings. The largest absolute Gasteiger partial charge is 0.495 e. The van der Waals surface area contributed by atoms with Crippen LogP contribution in [-0.4, -0.2) is 25.7 Å². The van der Waals surface area contributed by atoms with Gasteiger partial charge < -0.3 is 14.8 Å². The normalized spacial score (nSPS) is 11.7. The van der Waals surface area contributed by atoms with Gasteiger partial charge in [-0.1, -0.05) is 30.7 Å². The SMILES string of the molecule is CC[C@@H](COc1cccc(C)c1)NC(=O)c1ccc(OC)c(Cl)c1. The van der Waals surface area contributed by atoms with E-state index in [-0.39, 0.29) is 11.9 Å². The van der Waals surface area contributed by atoms with Crippen LogP contribution in [0, 0.1) is 6.92 Å². The Morgan fingerprint density at radius 3 is 2.67 bits per heavy atom. The lowest BCUT2D eigenvalue weighted by Crippen LogP contribution is -2.38. The summed E-state index contributed by atoms with van der Waals surface area (Å²) in [5, 5.41) is 3.38. The molecule has 0 fully saturated rings. The maximum absolute atomic E-state index is 12.4. The van der Waals surface area contributed by atoms with E-state index in [9.17, 15) is 4.79 Å². The molecule has 24 heavy (non-hydrogen) atoms. The topological polar surface area (TPSA) is 47.6 Å². The predicted octanol–water partition coefficient (Wildman–Crippen LogP) is 4.24. The van der Waals surface area contributed by atoms with Crippen molar-refractivity contribution in [3.8, 4) is 11.5 Å². The van der Waals surface area contributed by atoms with Crippen molar-refractivity contribution in [3.63, 3.8) is 0 Å². The fraction of sp³-hybridized carbons (Fsp3) is 0.316. The molecule has 1 N–H and O–H groups in total. The highest BCUT2D eigenvalue weighted by Crippen LogP contribution is 2.25. The molecule has 5 heteroatoms. The molecule has 2 aromatic rings. The monoisotopic (exact) mass is 347 g/mol. The highest BCUT2D eigenvalue weighted by atomic mass is 35.5. The Morgan fingerprint density at radius 2 is 2.04 bits per heavy atom. The fourth-order valence-corrected chi connectivity index (χ4v) is 2.50. The van der Waals surface area contributed by atoms with E-state index in [1.165, 1.54) is 7.11 Å². The number of benzene rings is 2. The van der Waals surface area contributed by atoms with Crippen molar-refractivity contribution < 1.29 is 14.3 Å². The van der Waals surface area contributed by atoms with E-state index >= 15 is 0 Å². The molecule has 0 radical (unpaired) electrons. The van der Waals surface area contributed by atoms with Gasteiger partial charge in [-0.05, 0) is 49.2 Å². The van der Waals surface area contributed by atoms with Crippen molar-refractivity contribution in [2.45, 2.75) is 26.3 Å². The molecule has 2 rings (SSSR count). The molecule has 2 aromatic carbocycles. The van der Waals surface area contributed by atoms with Gasteiger partial charge in [0.2, 0.25) is 0 Å². The maximum Gasteiger partial charge on any atom is 0.251 e. The first-order valence-corrected chi connectivity index (χ1v) is 8.25. The Hall–Kier alpha value is -2.20. The number of nitrogens with one attached hydrogen (secondary N) is 1. The fourth-order valence-electron chi connectivity index (χ4n) is 2.24. The lowest BCUT2D eigenvalue weighted by Gasteiger charge is -2.18. The molecule has 1 atom stereocenters. The van der Waals surface area contributed by atoms with Crippen LogP contribution < -0.4 is 14.8 Å². The number of ether oxygens (including phenoxy) is 2. The van der Waals surface area contributed by atoms with Crippen LogP contribution in [-0.2, 0) is 0 Å². The molecular formula is C19H22ClNO3. The van der Waals surface area contributed by atoms with Crippen molar-refractivity contribution >= 4 is 17.5 Å². The first-order valence-electron chi connectivity index (χ1n) is 7.87. The zero-order chi connectivity index (χ0) is 17.5. The van der Waals surface area contributed by atoms with Gasteiger partial charge in [0.1, 0.15) is 18.1 Å². The third-order valence-electron chi connectivity index (χ3n) is 3.68. The average molecular weight is 348 g/mol. The summed E-state index contributed by atoms with van der Waals surface area (Å²) in [6, 6.07) is 12.7. The minimum absolute atomic E-state index is 0.0844. The number of aryl methyl sites for hydroxylation is 1. The van der Waals surface area contributed by atoms with Gasteiger partial charge in [0.15, 0.2) is 0 Å². The number of hydrogen-bond donors (Lipinski definition) is 1. The molecule has 0 bridgehead atoms. The van der Waals surface area contributed by atoms with Crippen LogP contribution >= 0.6 is 11.6 Å². The second-order valence-electron chi connectivity index (χ2n) is 5.56. The molecule has 0 saturated heterocycles. The maximum atomic E-state index is 12.4. The summed E-state index contributed by atoms with van der Waals surface area (Å²) in [7, 11) is 1.54. The summed E-state index contributed by atoms with van der Waals surface area (Å²) in [5.74, 6) is 1.16. The van der Waals surface area contributed by atoms with Crippen molar-refractivity contribution in [2.75, 3.05) is 13.7 Å². The Bertz CT molecular complexity index is 703.